The monoisotopic (exact) mass is 281 g/mol. The molecule has 1 atom stereocenters. The molecule has 0 amide bonds. The van der Waals surface area contributed by atoms with Crippen LogP contribution in [0.2, 0.25) is 0 Å². The van der Waals surface area contributed by atoms with Crippen LogP contribution >= 0.6 is 11.8 Å². The molecule has 1 heterocycles. The van der Waals surface area contributed by atoms with Crippen molar-refractivity contribution < 1.29 is 14.3 Å². The summed E-state index contributed by atoms with van der Waals surface area (Å²) in [7, 11) is 1.63. The standard InChI is InChI=1S/C14H19NO3S/c1-3-18-13(16)14(7-8-19-10-14)15-11-5-4-6-12(9-11)17-2/h4-6,9,15H,3,7-8,10H2,1-2H3. The summed E-state index contributed by atoms with van der Waals surface area (Å²) >= 11 is 1.77. The number of benzene rings is 1. The molecule has 4 nitrogen and oxygen atoms in total. The van der Waals surface area contributed by atoms with Crippen molar-refractivity contribution >= 4 is 23.4 Å². The van der Waals surface area contributed by atoms with Gasteiger partial charge in [0.1, 0.15) is 11.3 Å². The number of ether oxygens (including phenoxy) is 2. The molecule has 1 N–H and O–H groups in total. The van der Waals surface area contributed by atoms with E-state index >= 15 is 0 Å². The maximum absolute atomic E-state index is 12.2. The number of carbonyl (C=O) groups is 1. The lowest BCUT2D eigenvalue weighted by Gasteiger charge is -2.28. The number of carbonyl (C=O) groups excluding carboxylic acids is 1. The molecule has 5 heteroatoms. The third kappa shape index (κ3) is 3.15. The van der Waals surface area contributed by atoms with E-state index in [1.807, 2.05) is 31.2 Å². The molecule has 0 saturated carbocycles. The van der Waals surface area contributed by atoms with E-state index in [1.165, 1.54) is 0 Å². The predicted molar refractivity (Wildman–Crippen MR) is 77.9 cm³/mol. The summed E-state index contributed by atoms with van der Waals surface area (Å²) in [6.07, 6.45) is 0.785. The number of anilines is 1. The average molecular weight is 281 g/mol. The number of methoxy groups -OCH3 is 1. The van der Waals surface area contributed by atoms with Crippen LogP contribution in [-0.4, -0.2) is 36.7 Å². The molecule has 0 radical (unpaired) electrons. The van der Waals surface area contributed by atoms with Gasteiger partial charge in [-0.05, 0) is 31.2 Å². The fraction of sp³-hybridized carbons (Fsp3) is 0.500. The van der Waals surface area contributed by atoms with Crippen LogP contribution in [-0.2, 0) is 9.53 Å². The number of nitrogens with one attached hydrogen (secondary N) is 1. The highest BCUT2D eigenvalue weighted by atomic mass is 32.2. The third-order valence-electron chi connectivity index (χ3n) is 3.14. The molecule has 0 aromatic heterocycles. The molecule has 2 rings (SSSR count). The lowest BCUT2D eigenvalue weighted by molar-refractivity contribution is -0.147. The predicted octanol–water partition coefficient (Wildman–Crippen LogP) is 2.55. The summed E-state index contributed by atoms with van der Waals surface area (Å²) in [5.74, 6) is 2.32. The van der Waals surface area contributed by atoms with Crippen molar-refractivity contribution in [2.24, 2.45) is 0 Å². The summed E-state index contributed by atoms with van der Waals surface area (Å²) in [6, 6.07) is 7.62. The quantitative estimate of drug-likeness (QED) is 0.840. The normalized spacial score (nSPS) is 22.0. The summed E-state index contributed by atoms with van der Waals surface area (Å²) in [5.41, 5.74) is 0.280. The number of rotatable bonds is 5. The number of hydrogen-bond acceptors (Lipinski definition) is 5. The molecular weight excluding hydrogens is 262 g/mol. The van der Waals surface area contributed by atoms with Crippen molar-refractivity contribution in [3.63, 3.8) is 0 Å². The van der Waals surface area contributed by atoms with Gasteiger partial charge in [-0.1, -0.05) is 6.07 Å². The molecule has 0 bridgehead atoms. The summed E-state index contributed by atoms with van der Waals surface area (Å²) in [5, 5.41) is 3.34. The highest BCUT2D eigenvalue weighted by molar-refractivity contribution is 7.99. The van der Waals surface area contributed by atoms with Gasteiger partial charge in [-0.2, -0.15) is 11.8 Å². The van der Waals surface area contributed by atoms with E-state index in [-0.39, 0.29) is 5.97 Å². The molecule has 104 valence electrons. The van der Waals surface area contributed by atoms with Crippen LogP contribution in [0, 0.1) is 0 Å². The topological polar surface area (TPSA) is 47.6 Å². The molecule has 0 spiro atoms. The lowest BCUT2D eigenvalue weighted by Crippen LogP contribution is -2.47. The Morgan fingerprint density at radius 1 is 1.53 bits per heavy atom. The van der Waals surface area contributed by atoms with E-state index in [4.69, 9.17) is 9.47 Å². The van der Waals surface area contributed by atoms with Crippen molar-refractivity contribution in [2.75, 3.05) is 30.5 Å². The molecule has 19 heavy (non-hydrogen) atoms. The van der Waals surface area contributed by atoms with E-state index in [9.17, 15) is 4.79 Å². The van der Waals surface area contributed by atoms with Gasteiger partial charge in [0.25, 0.3) is 0 Å². The average Bonchev–Trinajstić information content (AvgIpc) is 2.89. The Kier molecular flexibility index (Phi) is 4.58. The van der Waals surface area contributed by atoms with Crippen LogP contribution in [0.1, 0.15) is 13.3 Å². The zero-order valence-corrected chi connectivity index (χ0v) is 12.1. The molecule has 1 aliphatic heterocycles. The van der Waals surface area contributed by atoms with Crippen molar-refractivity contribution in [1.29, 1.82) is 0 Å². The highest BCUT2D eigenvalue weighted by Crippen LogP contribution is 2.33. The fourth-order valence-electron chi connectivity index (χ4n) is 2.12. The Balaban J connectivity index is 2.18. The van der Waals surface area contributed by atoms with Crippen molar-refractivity contribution in [3.05, 3.63) is 24.3 Å². The SMILES string of the molecule is CCOC(=O)C1(Nc2cccc(OC)c2)CCSC1. The first-order valence-corrected chi connectivity index (χ1v) is 7.53. The third-order valence-corrected chi connectivity index (χ3v) is 4.33. The largest absolute Gasteiger partial charge is 0.497 e. The van der Waals surface area contributed by atoms with Gasteiger partial charge in [-0.3, -0.25) is 0 Å². The first-order chi connectivity index (χ1) is 9.20. The molecule has 1 aromatic rings. The van der Waals surface area contributed by atoms with E-state index in [0.717, 1.165) is 29.4 Å². The van der Waals surface area contributed by atoms with Gasteiger partial charge in [0, 0.05) is 17.5 Å². The van der Waals surface area contributed by atoms with Crippen molar-refractivity contribution in [1.82, 2.24) is 0 Å². The Morgan fingerprint density at radius 2 is 2.37 bits per heavy atom. The van der Waals surface area contributed by atoms with Crippen LogP contribution in [0.5, 0.6) is 5.75 Å². The summed E-state index contributed by atoms with van der Waals surface area (Å²) in [6.45, 7) is 2.24. The number of thioether (sulfide) groups is 1. The van der Waals surface area contributed by atoms with Crippen molar-refractivity contribution in [2.45, 2.75) is 18.9 Å². The van der Waals surface area contributed by atoms with Crippen molar-refractivity contribution in [3.8, 4) is 5.75 Å². The Labute approximate surface area is 117 Å². The van der Waals surface area contributed by atoms with Crippen LogP contribution in [0.3, 0.4) is 0 Å². The Bertz CT molecular complexity index is 444. The first-order valence-electron chi connectivity index (χ1n) is 6.37. The van der Waals surface area contributed by atoms with Gasteiger partial charge >= 0.3 is 5.97 Å². The Morgan fingerprint density at radius 3 is 3.00 bits per heavy atom. The van der Waals surface area contributed by atoms with E-state index in [0.29, 0.717) is 6.61 Å². The minimum atomic E-state index is -0.604. The summed E-state index contributed by atoms with van der Waals surface area (Å²) < 4.78 is 10.4. The zero-order valence-electron chi connectivity index (χ0n) is 11.3. The number of hydrogen-bond donors (Lipinski definition) is 1. The van der Waals surface area contributed by atoms with Crippen LogP contribution in [0.15, 0.2) is 24.3 Å². The fourth-order valence-corrected chi connectivity index (χ4v) is 3.44. The van der Waals surface area contributed by atoms with E-state index in [1.54, 1.807) is 18.9 Å². The van der Waals surface area contributed by atoms with Gasteiger partial charge in [0.2, 0.25) is 0 Å². The van der Waals surface area contributed by atoms with Crippen LogP contribution in [0.4, 0.5) is 5.69 Å². The van der Waals surface area contributed by atoms with Gasteiger partial charge in [0.05, 0.1) is 13.7 Å². The molecule has 1 aromatic carbocycles. The van der Waals surface area contributed by atoms with Gasteiger partial charge in [-0.15, -0.1) is 0 Å². The van der Waals surface area contributed by atoms with Crippen LogP contribution < -0.4 is 10.1 Å². The number of esters is 1. The maximum atomic E-state index is 12.2. The second-order valence-electron chi connectivity index (χ2n) is 4.46. The molecule has 1 saturated heterocycles. The highest BCUT2D eigenvalue weighted by Gasteiger charge is 2.43. The van der Waals surface area contributed by atoms with Gasteiger partial charge in [-0.25, -0.2) is 4.79 Å². The Hall–Kier alpha value is -1.36. The molecule has 1 aliphatic rings. The molecule has 0 aliphatic carbocycles. The molecular formula is C14H19NO3S. The smallest absolute Gasteiger partial charge is 0.332 e. The lowest BCUT2D eigenvalue weighted by atomic mass is 9.98. The molecule has 1 fully saturated rings. The van der Waals surface area contributed by atoms with Gasteiger partial charge in [0.15, 0.2) is 0 Å². The zero-order chi connectivity index (χ0) is 13.7. The van der Waals surface area contributed by atoms with Crippen LogP contribution in [0.25, 0.3) is 0 Å². The summed E-state index contributed by atoms with van der Waals surface area (Å²) in [4.78, 5) is 12.2. The maximum Gasteiger partial charge on any atom is 0.332 e. The van der Waals surface area contributed by atoms with E-state index < -0.39 is 5.54 Å². The first kappa shape index (κ1) is 14.1. The second-order valence-corrected chi connectivity index (χ2v) is 5.57. The minimum absolute atomic E-state index is 0.164. The van der Waals surface area contributed by atoms with Gasteiger partial charge < -0.3 is 14.8 Å². The minimum Gasteiger partial charge on any atom is -0.497 e. The van der Waals surface area contributed by atoms with E-state index in [2.05, 4.69) is 5.32 Å². The second kappa shape index (κ2) is 6.19. The molecule has 1 unspecified atom stereocenters.